The van der Waals surface area contributed by atoms with Gasteiger partial charge in [0.1, 0.15) is 5.82 Å². The number of ether oxygens (including phenoxy) is 1. The molecule has 2 atom stereocenters. The van der Waals surface area contributed by atoms with Crippen LogP contribution in [-0.4, -0.2) is 16.2 Å². The second-order valence-corrected chi connectivity index (χ2v) is 6.52. The molecule has 0 amide bonds. The summed E-state index contributed by atoms with van der Waals surface area (Å²) in [6.07, 6.45) is 0.938. The summed E-state index contributed by atoms with van der Waals surface area (Å²) in [7, 11) is 0. The summed E-state index contributed by atoms with van der Waals surface area (Å²) in [6, 6.07) is 7.67. The van der Waals surface area contributed by atoms with Gasteiger partial charge in [-0.1, -0.05) is 30.7 Å². The molecule has 0 spiro atoms. The number of allylic oxidation sites excluding steroid dienone is 1. The molecule has 0 saturated carbocycles. The van der Waals surface area contributed by atoms with Gasteiger partial charge in [0, 0.05) is 11.5 Å². The fraction of sp³-hybridized carbons (Fsp3) is 0.222. The van der Waals surface area contributed by atoms with Gasteiger partial charge < -0.3 is 15.2 Å². The zero-order valence-electron chi connectivity index (χ0n) is 13.4. The van der Waals surface area contributed by atoms with Gasteiger partial charge in [-0.25, -0.2) is 14.2 Å². The Balaban J connectivity index is 2.01. The van der Waals surface area contributed by atoms with Crippen molar-refractivity contribution >= 4 is 23.4 Å². The Hall–Kier alpha value is -2.60. The van der Waals surface area contributed by atoms with E-state index in [2.05, 4.69) is 21.6 Å². The van der Waals surface area contributed by atoms with Gasteiger partial charge in [-0.05, 0) is 30.2 Å². The second-order valence-electron chi connectivity index (χ2n) is 6.11. The number of rotatable bonds is 3. The van der Waals surface area contributed by atoms with Gasteiger partial charge in [0.25, 0.3) is 0 Å². The van der Waals surface area contributed by atoms with Crippen molar-refractivity contribution in [3.63, 3.8) is 0 Å². The van der Waals surface area contributed by atoms with Crippen molar-refractivity contribution in [1.82, 2.24) is 4.98 Å². The van der Waals surface area contributed by atoms with E-state index in [4.69, 9.17) is 16.7 Å². The molecular weight excluding hydrogens is 347 g/mol. The Labute approximate surface area is 149 Å². The SMILES string of the molecule is C=CC1(C)CC(c2ccc(F)c(Cl)c2)Nc2ccc(OC(=O)O)nc21. The molecule has 130 valence electrons. The van der Waals surface area contributed by atoms with Crippen molar-refractivity contribution in [2.75, 3.05) is 5.32 Å². The van der Waals surface area contributed by atoms with Gasteiger partial charge >= 0.3 is 6.16 Å². The number of pyridine rings is 1. The van der Waals surface area contributed by atoms with Crippen molar-refractivity contribution in [1.29, 1.82) is 0 Å². The highest BCUT2D eigenvalue weighted by molar-refractivity contribution is 6.30. The summed E-state index contributed by atoms with van der Waals surface area (Å²) in [5, 5.41) is 12.2. The molecule has 0 bridgehead atoms. The van der Waals surface area contributed by atoms with Gasteiger partial charge in [-0.15, -0.1) is 6.58 Å². The topological polar surface area (TPSA) is 71.5 Å². The number of benzene rings is 1. The molecule has 1 aromatic heterocycles. The van der Waals surface area contributed by atoms with Crippen LogP contribution in [0, 0.1) is 5.82 Å². The smallest absolute Gasteiger partial charge is 0.449 e. The number of carbonyl (C=O) groups is 1. The van der Waals surface area contributed by atoms with Crippen LogP contribution in [0.15, 0.2) is 43.0 Å². The van der Waals surface area contributed by atoms with Crippen molar-refractivity contribution in [2.45, 2.75) is 24.8 Å². The number of aromatic nitrogens is 1. The van der Waals surface area contributed by atoms with Crippen molar-refractivity contribution in [3.8, 4) is 5.88 Å². The number of nitrogens with one attached hydrogen (secondary N) is 1. The maximum atomic E-state index is 13.4. The number of nitrogens with zero attached hydrogens (tertiary/aromatic N) is 1. The molecule has 1 aliphatic rings. The molecule has 0 radical (unpaired) electrons. The zero-order valence-corrected chi connectivity index (χ0v) is 14.2. The Morgan fingerprint density at radius 1 is 1.52 bits per heavy atom. The Bertz CT molecular complexity index is 858. The standard InChI is InChI=1S/C18H16ClFN2O3/c1-3-18(2)9-14(10-4-5-12(20)11(19)8-10)21-13-6-7-15(22-16(13)18)25-17(23)24/h3-8,14,21H,1,9H2,2H3,(H,23,24). The summed E-state index contributed by atoms with van der Waals surface area (Å²) in [5.41, 5.74) is 1.70. The van der Waals surface area contributed by atoms with Gasteiger partial charge in [0.2, 0.25) is 5.88 Å². The summed E-state index contributed by atoms with van der Waals surface area (Å²) < 4.78 is 18.1. The molecule has 2 N–H and O–H groups in total. The van der Waals surface area contributed by atoms with E-state index in [1.807, 2.05) is 6.92 Å². The van der Waals surface area contributed by atoms with Crippen LogP contribution in [0.4, 0.5) is 14.9 Å². The summed E-state index contributed by atoms with van der Waals surface area (Å²) >= 11 is 5.90. The largest absolute Gasteiger partial charge is 0.512 e. The summed E-state index contributed by atoms with van der Waals surface area (Å²) in [4.78, 5) is 15.0. The third-order valence-corrected chi connectivity index (χ3v) is 4.65. The predicted octanol–water partition coefficient (Wildman–Crippen LogP) is 4.93. The number of halogens is 2. The average Bonchev–Trinajstić information content (AvgIpc) is 2.57. The third-order valence-electron chi connectivity index (χ3n) is 4.36. The third kappa shape index (κ3) is 3.30. The van der Waals surface area contributed by atoms with Crippen LogP contribution in [0.1, 0.15) is 30.6 Å². The van der Waals surface area contributed by atoms with Gasteiger partial charge in [-0.3, -0.25) is 0 Å². The van der Waals surface area contributed by atoms with Crippen LogP contribution in [0.2, 0.25) is 5.02 Å². The molecule has 1 aromatic carbocycles. The van der Waals surface area contributed by atoms with E-state index in [1.165, 1.54) is 12.1 Å². The quantitative estimate of drug-likeness (QED) is 0.598. The lowest BCUT2D eigenvalue weighted by Crippen LogP contribution is -2.33. The lowest BCUT2D eigenvalue weighted by atomic mass is 9.75. The number of hydrogen-bond acceptors (Lipinski definition) is 4. The Morgan fingerprint density at radius 3 is 2.92 bits per heavy atom. The summed E-state index contributed by atoms with van der Waals surface area (Å²) in [6.45, 7) is 5.85. The minimum atomic E-state index is -1.42. The van der Waals surface area contributed by atoms with Crippen molar-refractivity contribution in [2.24, 2.45) is 0 Å². The minimum absolute atomic E-state index is 0.00408. The molecule has 1 aliphatic heterocycles. The van der Waals surface area contributed by atoms with Gasteiger partial charge in [0.05, 0.1) is 22.4 Å². The lowest BCUT2D eigenvalue weighted by Gasteiger charge is -2.38. The van der Waals surface area contributed by atoms with Crippen LogP contribution in [-0.2, 0) is 5.41 Å². The van der Waals surface area contributed by atoms with Crippen LogP contribution >= 0.6 is 11.6 Å². The second kappa shape index (κ2) is 6.37. The van der Waals surface area contributed by atoms with Crippen molar-refractivity contribution < 1.29 is 19.0 Å². The molecule has 2 heterocycles. The number of carboxylic acid groups (broad SMARTS) is 1. The lowest BCUT2D eigenvalue weighted by molar-refractivity contribution is 0.142. The number of fused-ring (bicyclic) bond motifs is 1. The predicted molar refractivity (Wildman–Crippen MR) is 92.8 cm³/mol. The van der Waals surface area contributed by atoms with E-state index in [1.54, 1.807) is 24.3 Å². The maximum Gasteiger partial charge on any atom is 0.512 e. The number of hydrogen-bond donors (Lipinski definition) is 2. The van der Waals surface area contributed by atoms with Crippen molar-refractivity contribution in [3.05, 3.63) is 65.1 Å². The van der Waals surface area contributed by atoms with Crippen LogP contribution < -0.4 is 10.1 Å². The molecule has 2 aromatic rings. The molecule has 7 heteroatoms. The molecule has 2 unspecified atom stereocenters. The van der Waals surface area contributed by atoms with Crippen LogP contribution in [0.3, 0.4) is 0 Å². The fourth-order valence-electron chi connectivity index (χ4n) is 3.01. The monoisotopic (exact) mass is 362 g/mol. The molecule has 0 saturated heterocycles. The zero-order chi connectivity index (χ0) is 18.2. The fourth-order valence-corrected chi connectivity index (χ4v) is 3.20. The Morgan fingerprint density at radius 2 is 2.28 bits per heavy atom. The van der Waals surface area contributed by atoms with E-state index >= 15 is 0 Å². The molecular formula is C18H16ClFN2O3. The van der Waals surface area contributed by atoms with E-state index in [-0.39, 0.29) is 16.9 Å². The van der Waals surface area contributed by atoms with E-state index in [0.29, 0.717) is 12.1 Å². The molecule has 3 rings (SSSR count). The minimum Gasteiger partial charge on any atom is -0.449 e. The molecule has 25 heavy (non-hydrogen) atoms. The first-order valence-corrected chi connectivity index (χ1v) is 7.97. The highest BCUT2D eigenvalue weighted by Crippen LogP contribution is 2.45. The number of anilines is 1. The van der Waals surface area contributed by atoms with Crippen LogP contribution in [0.25, 0.3) is 0 Å². The van der Waals surface area contributed by atoms with Gasteiger partial charge in [0.15, 0.2) is 0 Å². The van der Waals surface area contributed by atoms with Crippen LogP contribution in [0.5, 0.6) is 5.88 Å². The van der Waals surface area contributed by atoms with E-state index in [9.17, 15) is 9.18 Å². The highest BCUT2D eigenvalue weighted by atomic mass is 35.5. The average molecular weight is 363 g/mol. The van der Waals surface area contributed by atoms with E-state index < -0.39 is 17.4 Å². The Kier molecular flexibility index (Phi) is 4.39. The first kappa shape index (κ1) is 17.2. The normalized spacial score (nSPS) is 21.8. The first-order valence-electron chi connectivity index (χ1n) is 7.60. The molecule has 5 nitrogen and oxygen atoms in total. The molecule has 0 fully saturated rings. The molecule has 0 aliphatic carbocycles. The summed E-state index contributed by atoms with van der Waals surface area (Å²) in [5.74, 6) is -0.463. The van der Waals surface area contributed by atoms with Gasteiger partial charge in [-0.2, -0.15) is 0 Å². The van der Waals surface area contributed by atoms with E-state index in [0.717, 1.165) is 11.3 Å². The highest BCUT2D eigenvalue weighted by Gasteiger charge is 2.37. The first-order chi connectivity index (χ1) is 11.8. The maximum absolute atomic E-state index is 13.4.